The highest BCUT2D eigenvalue weighted by atomic mass is 16.5. The monoisotopic (exact) mass is 240 g/mol. The van der Waals surface area contributed by atoms with Gasteiger partial charge in [0.25, 0.3) is 0 Å². The summed E-state index contributed by atoms with van der Waals surface area (Å²) in [4.78, 5) is 14.5. The summed E-state index contributed by atoms with van der Waals surface area (Å²) in [5, 5.41) is 3.32. The summed E-state index contributed by atoms with van der Waals surface area (Å²) >= 11 is 0. The van der Waals surface area contributed by atoms with E-state index in [0.29, 0.717) is 18.6 Å². The van der Waals surface area contributed by atoms with Crippen LogP contribution in [-0.2, 0) is 9.53 Å². The number of rotatable bonds is 4. The maximum Gasteiger partial charge on any atom is 0.227 e. The van der Waals surface area contributed by atoms with Gasteiger partial charge in [0, 0.05) is 19.7 Å². The highest BCUT2D eigenvalue weighted by molar-refractivity contribution is 5.79. The number of likely N-dealkylation sites (tertiary alicyclic amines) is 1. The lowest BCUT2D eigenvalue weighted by molar-refractivity contribution is -0.138. The van der Waals surface area contributed by atoms with Crippen LogP contribution in [0.15, 0.2) is 0 Å². The number of carbonyl (C=O) groups is 1. The third-order valence-electron chi connectivity index (χ3n) is 3.82. The van der Waals surface area contributed by atoms with Gasteiger partial charge in [-0.1, -0.05) is 0 Å². The van der Waals surface area contributed by atoms with E-state index in [0.717, 1.165) is 51.9 Å². The molecule has 0 bridgehead atoms. The highest BCUT2D eigenvalue weighted by Crippen LogP contribution is 2.22. The van der Waals surface area contributed by atoms with Crippen LogP contribution in [0.25, 0.3) is 0 Å². The normalized spacial score (nSPS) is 29.6. The van der Waals surface area contributed by atoms with Gasteiger partial charge in [0.15, 0.2) is 0 Å². The zero-order valence-corrected chi connectivity index (χ0v) is 10.8. The summed E-state index contributed by atoms with van der Waals surface area (Å²) in [6.07, 6.45) is 4.40. The Morgan fingerprint density at radius 1 is 1.41 bits per heavy atom. The molecule has 2 aliphatic heterocycles. The van der Waals surface area contributed by atoms with E-state index in [4.69, 9.17) is 4.74 Å². The van der Waals surface area contributed by atoms with Gasteiger partial charge in [-0.15, -0.1) is 0 Å². The molecule has 1 N–H and O–H groups in total. The molecule has 2 heterocycles. The van der Waals surface area contributed by atoms with Crippen LogP contribution < -0.4 is 5.32 Å². The van der Waals surface area contributed by atoms with Crippen LogP contribution in [-0.4, -0.2) is 49.7 Å². The third-order valence-corrected chi connectivity index (χ3v) is 3.82. The molecule has 17 heavy (non-hydrogen) atoms. The molecule has 0 saturated carbocycles. The van der Waals surface area contributed by atoms with E-state index in [2.05, 4.69) is 10.2 Å². The lowest BCUT2D eigenvalue weighted by atomic mass is 9.98. The van der Waals surface area contributed by atoms with Gasteiger partial charge in [0.1, 0.15) is 0 Å². The fraction of sp³-hybridized carbons (Fsp3) is 0.923. The van der Waals surface area contributed by atoms with Crippen LogP contribution in [0.4, 0.5) is 0 Å². The van der Waals surface area contributed by atoms with Gasteiger partial charge >= 0.3 is 0 Å². The molecule has 0 aromatic heterocycles. The molecule has 0 spiro atoms. The first-order chi connectivity index (χ1) is 8.33. The first-order valence-electron chi connectivity index (χ1n) is 6.92. The number of ether oxygens (including phenoxy) is 1. The van der Waals surface area contributed by atoms with Crippen molar-refractivity contribution in [2.75, 3.05) is 32.8 Å². The first kappa shape index (κ1) is 12.8. The van der Waals surface area contributed by atoms with Crippen molar-refractivity contribution in [2.45, 2.75) is 38.6 Å². The molecule has 2 atom stereocenters. The molecule has 4 heteroatoms. The molecule has 0 unspecified atom stereocenters. The van der Waals surface area contributed by atoms with Gasteiger partial charge in [-0.2, -0.15) is 0 Å². The standard InChI is InChI=1S/C13H24N2O2/c1-2-17-10-12-6-4-8-15(12)13(16)11-5-3-7-14-9-11/h11-12,14H,2-10H2,1H3/t11-,12+/m1/s1. The first-order valence-corrected chi connectivity index (χ1v) is 6.92. The minimum atomic E-state index is 0.200. The summed E-state index contributed by atoms with van der Waals surface area (Å²) in [6.45, 7) is 6.30. The maximum absolute atomic E-state index is 12.4. The zero-order valence-electron chi connectivity index (χ0n) is 10.8. The van der Waals surface area contributed by atoms with Gasteiger partial charge in [0.05, 0.1) is 18.6 Å². The molecule has 0 aliphatic carbocycles. The predicted molar refractivity (Wildman–Crippen MR) is 66.8 cm³/mol. The van der Waals surface area contributed by atoms with Crippen molar-refractivity contribution >= 4 is 5.91 Å². The Morgan fingerprint density at radius 3 is 3.00 bits per heavy atom. The molecule has 2 rings (SSSR count). The van der Waals surface area contributed by atoms with Gasteiger partial charge < -0.3 is 15.0 Å². The van der Waals surface area contributed by atoms with Crippen molar-refractivity contribution in [1.29, 1.82) is 0 Å². The third kappa shape index (κ3) is 3.19. The molecule has 4 nitrogen and oxygen atoms in total. The van der Waals surface area contributed by atoms with Crippen LogP contribution in [0.5, 0.6) is 0 Å². The van der Waals surface area contributed by atoms with E-state index in [1.807, 2.05) is 6.92 Å². The lowest BCUT2D eigenvalue weighted by Crippen LogP contribution is -2.46. The van der Waals surface area contributed by atoms with Crippen LogP contribution in [0.1, 0.15) is 32.6 Å². The quantitative estimate of drug-likeness (QED) is 0.797. The van der Waals surface area contributed by atoms with E-state index in [-0.39, 0.29) is 5.92 Å². The molecule has 98 valence electrons. The van der Waals surface area contributed by atoms with Crippen molar-refractivity contribution < 1.29 is 9.53 Å². The number of hydrogen-bond acceptors (Lipinski definition) is 3. The van der Waals surface area contributed by atoms with Crippen molar-refractivity contribution in [1.82, 2.24) is 10.2 Å². The second-order valence-corrected chi connectivity index (χ2v) is 5.03. The van der Waals surface area contributed by atoms with Gasteiger partial charge in [-0.25, -0.2) is 0 Å². The van der Waals surface area contributed by atoms with Crippen molar-refractivity contribution in [3.05, 3.63) is 0 Å². The minimum absolute atomic E-state index is 0.200. The number of nitrogens with zero attached hydrogens (tertiary/aromatic N) is 1. The van der Waals surface area contributed by atoms with E-state index < -0.39 is 0 Å². The Bertz CT molecular complexity index is 252. The van der Waals surface area contributed by atoms with Crippen LogP contribution >= 0.6 is 0 Å². The predicted octanol–water partition coefficient (Wildman–Crippen LogP) is 1.01. The van der Waals surface area contributed by atoms with Crippen molar-refractivity contribution in [2.24, 2.45) is 5.92 Å². The van der Waals surface area contributed by atoms with Gasteiger partial charge in [-0.05, 0) is 39.2 Å². The molecule has 2 aliphatic rings. The lowest BCUT2D eigenvalue weighted by Gasteiger charge is -2.30. The molecular weight excluding hydrogens is 216 g/mol. The fourth-order valence-electron chi connectivity index (χ4n) is 2.85. The maximum atomic E-state index is 12.4. The average molecular weight is 240 g/mol. The highest BCUT2D eigenvalue weighted by Gasteiger charge is 2.33. The number of amides is 1. The topological polar surface area (TPSA) is 41.6 Å². The van der Waals surface area contributed by atoms with Gasteiger partial charge in [-0.3, -0.25) is 4.79 Å². The van der Waals surface area contributed by atoms with Crippen LogP contribution in [0.2, 0.25) is 0 Å². The second kappa shape index (κ2) is 6.36. The molecule has 0 aromatic carbocycles. The molecule has 2 saturated heterocycles. The molecular formula is C13H24N2O2. The summed E-state index contributed by atoms with van der Waals surface area (Å²) < 4.78 is 5.48. The summed E-state index contributed by atoms with van der Waals surface area (Å²) in [7, 11) is 0. The minimum Gasteiger partial charge on any atom is -0.380 e. The smallest absolute Gasteiger partial charge is 0.227 e. The van der Waals surface area contributed by atoms with E-state index >= 15 is 0 Å². The van der Waals surface area contributed by atoms with E-state index in [1.165, 1.54) is 0 Å². The summed E-state index contributed by atoms with van der Waals surface area (Å²) in [5.41, 5.74) is 0. The largest absolute Gasteiger partial charge is 0.380 e. The molecule has 2 fully saturated rings. The molecule has 0 radical (unpaired) electrons. The van der Waals surface area contributed by atoms with Crippen LogP contribution in [0, 0.1) is 5.92 Å². The Kier molecular flexibility index (Phi) is 4.80. The van der Waals surface area contributed by atoms with Gasteiger partial charge in [0.2, 0.25) is 5.91 Å². The van der Waals surface area contributed by atoms with E-state index in [9.17, 15) is 4.79 Å². The number of carbonyl (C=O) groups excluding carboxylic acids is 1. The van der Waals surface area contributed by atoms with Crippen LogP contribution in [0.3, 0.4) is 0 Å². The van der Waals surface area contributed by atoms with Crippen molar-refractivity contribution in [3.63, 3.8) is 0 Å². The van der Waals surface area contributed by atoms with Crippen molar-refractivity contribution in [3.8, 4) is 0 Å². The zero-order chi connectivity index (χ0) is 12.1. The number of hydrogen-bond donors (Lipinski definition) is 1. The number of nitrogens with one attached hydrogen (secondary N) is 1. The SMILES string of the molecule is CCOC[C@@H]1CCCN1C(=O)[C@@H]1CCCNC1. The molecule has 0 aromatic rings. The Hall–Kier alpha value is -0.610. The Labute approximate surface area is 104 Å². The summed E-state index contributed by atoms with van der Waals surface area (Å²) in [5.74, 6) is 0.547. The fourth-order valence-corrected chi connectivity index (χ4v) is 2.85. The molecule has 1 amide bonds. The Balaban J connectivity index is 1.88. The Morgan fingerprint density at radius 2 is 2.29 bits per heavy atom. The second-order valence-electron chi connectivity index (χ2n) is 5.03. The average Bonchev–Trinajstić information content (AvgIpc) is 2.84. The number of piperidine rings is 1. The summed E-state index contributed by atoms with van der Waals surface area (Å²) in [6, 6.07) is 0.323. The van der Waals surface area contributed by atoms with E-state index in [1.54, 1.807) is 0 Å².